The largest absolute Gasteiger partial charge is 0.384 e. The van der Waals surface area contributed by atoms with Crippen molar-refractivity contribution >= 4 is 0 Å². The van der Waals surface area contributed by atoms with Gasteiger partial charge in [0.25, 0.3) is 0 Å². The molecule has 2 saturated carbocycles. The molecule has 2 aliphatic carbocycles. The summed E-state index contributed by atoms with van der Waals surface area (Å²) >= 11 is 0. The molecule has 0 saturated heterocycles. The Morgan fingerprint density at radius 3 is 2.62 bits per heavy atom. The van der Waals surface area contributed by atoms with E-state index in [4.69, 9.17) is 4.74 Å². The zero-order valence-corrected chi connectivity index (χ0v) is 8.81. The molecule has 0 spiro atoms. The minimum Gasteiger partial charge on any atom is -0.384 e. The van der Waals surface area contributed by atoms with Crippen LogP contribution in [0.3, 0.4) is 0 Å². The van der Waals surface area contributed by atoms with Crippen LogP contribution in [-0.4, -0.2) is 26.3 Å². The number of methoxy groups -OCH3 is 1. The number of nitrogens with one attached hydrogen (secondary N) is 1. The van der Waals surface area contributed by atoms with Gasteiger partial charge in [-0.05, 0) is 37.0 Å². The van der Waals surface area contributed by atoms with Gasteiger partial charge in [-0.15, -0.1) is 0 Å². The van der Waals surface area contributed by atoms with E-state index >= 15 is 0 Å². The van der Waals surface area contributed by atoms with Crippen LogP contribution in [0.2, 0.25) is 0 Å². The smallest absolute Gasteiger partial charge is 0.0493 e. The van der Waals surface area contributed by atoms with Gasteiger partial charge in [0.1, 0.15) is 0 Å². The molecule has 2 rings (SSSR count). The summed E-state index contributed by atoms with van der Waals surface area (Å²) in [6.45, 7) is 4.47. The quantitative estimate of drug-likeness (QED) is 0.678. The summed E-state index contributed by atoms with van der Waals surface area (Å²) in [6.07, 6.45) is 5.60. The molecule has 1 atom stereocenters. The van der Waals surface area contributed by atoms with E-state index < -0.39 is 0 Å². The summed E-state index contributed by atoms with van der Waals surface area (Å²) < 4.78 is 5.22. The van der Waals surface area contributed by atoms with Gasteiger partial charge in [-0.25, -0.2) is 0 Å². The van der Waals surface area contributed by atoms with Crippen molar-refractivity contribution < 1.29 is 4.74 Å². The lowest BCUT2D eigenvalue weighted by atomic mass is 9.91. The molecule has 76 valence electrons. The lowest BCUT2D eigenvalue weighted by Gasteiger charge is -2.23. The maximum Gasteiger partial charge on any atom is 0.0493 e. The lowest BCUT2D eigenvalue weighted by molar-refractivity contribution is 0.120. The van der Waals surface area contributed by atoms with Crippen LogP contribution in [0, 0.1) is 11.3 Å². The highest BCUT2D eigenvalue weighted by atomic mass is 16.5. The van der Waals surface area contributed by atoms with Crippen molar-refractivity contribution in [2.45, 2.75) is 38.6 Å². The molecule has 0 aromatic heterocycles. The molecule has 0 radical (unpaired) electrons. The van der Waals surface area contributed by atoms with E-state index in [0.717, 1.165) is 18.6 Å². The lowest BCUT2D eigenvalue weighted by Crippen LogP contribution is -2.31. The number of ether oxygens (including phenoxy) is 1. The molecule has 2 aliphatic rings. The highest BCUT2D eigenvalue weighted by Gasteiger charge is 2.47. The van der Waals surface area contributed by atoms with Crippen molar-refractivity contribution in [1.82, 2.24) is 5.32 Å². The molecule has 0 heterocycles. The second kappa shape index (κ2) is 3.58. The molecular weight excluding hydrogens is 162 g/mol. The average Bonchev–Trinajstić information content (AvgIpc) is 2.99. The summed E-state index contributed by atoms with van der Waals surface area (Å²) in [5, 5.41) is 3.64. The van der Waals surface area contributed by atoms with Crippen molar-refractivity contribution in [3.05, 3.63) is 0 Å². The highest BCUT2D eigenvalue weighted by molar-refractivity contribution is 5.00. The van der Waals surface area contributed by atoms with Crippen LogP contribution in [0.5, 0.6) is 0 Å². The Labute approximate surface area is 81.0 Å². The Morgan fingerprint density at radius 1 is 1.46 bits per heavy atom. The first kappa shape index (κ1) is 9.47. The van der Waals surface area contributed by atoms with Crippen LogP contribution >= 0.6 is 0 Å². The fourth-order valence-corrected chi connectivity index (χ4v) is 2.07. The second-order valence-electron chi connectivity index (χ2n) is 4.87. The topological polar surface area (TPSA) is 21.3 Å². The van der Waals surface area contributed by atoms with Crippen molar-refractivity contribution in [3.63, 3.8) is 0 Å². The summed E-state index contributed by atoms with van der Waals surface area (Å²) in [6, 6.07) is 0.854. The highest BCUT2D eigenvalue weighted by Crippen LogP contribution is 2.51. The molecule has 13 heavy (non-hydrogen) atoms. The average molecular weight is 183 g/mol. The fraction of sp³-hybridized carbons (Fsp3) is 1.00. The molecule has 1 N–H and O–H groups in total. The molecule has 2 heteroatoms. The molecule has 2 fully saturated rings. The van der Waals surface area contributed by atoms with Gasteiger partial charge in [0, 0.05) is 26.3 Å². The molecule has 0 aliphatic heterocycles. The molecular formula is C11H21NO. The van der Waals surface area contributed by atoms with E-state index in [1.54, 1.807) is 7.11 Å². The van der Waals surface area contributed by atoms with Gasteiger partial charge in [-0.1, -0.05) is 6.92 Å². The molecule has 2 nitrogen and oxygen atoms in total. The first-order chi connectivity index (χ1) is 6.27. The zero-order chi connectivity index (χ0) is 9.31. The molecule has 0 aromatic rings. The van der Waals surface area contributed by atoms with Crippen LogP contribution in [-0.2, 0) is 4.74 Å². The van der Waals surface area contributed by atoms with Crippen LogP contribution < -0.4 is 5.32 Å². The third kappa shape index (κ3) is 2.23. The van der Waals surface area contributed by atoms with E-state index in [1.165, 1.54) is 32.2 Å². The summed E-state index contributed by atoms with van der Waals surface area (Å²) in [5.74, 6) is 0.726. The van der Waals surface area contributed by atoms with E-state index in [2.05, 4.69) is 12.2 Å². The maximum absolute atomic E-state index is 5.22. The van der Waals surface area contributed by atoms with Gasteiger partial charge in [0.2, 0.25) is 0 Å². The number of hydrogen-bond acceptors (Lipinski definition) is 2. The summed E-state index contributed by atoms with van der Waals surface area (Å²) in [4.78, 5) is 0. The number of rotatable bonds is 6. The van der Waals surface area contributed by atoms with Gasteiger partial charge in [0.15, 0.2) is 0 Å². The van der Waals surface area contributed by atoms with Gasteiger partial charge in [-0.3, -0.25) is 0 Å². The summed E-state index contributed by atoms with van der Waals surface area (Å²) in [5.41, 5.74) is 0.596. The van der Waals surface area contributed by atoms with Gasteiger partial charge in [0.05, 0.1) is 0 Å². The van der Waals surface area contributed by atoms with Crippen molar-refractivity contribution in [2.24, 2.45) is 11.3 Å². The van der Waals surface area contributed by atoms with Crippen molar-refractivity contribution in [1.29, 1.82) is 0 Å². The van der Waals surface area contributed by atoms with Gasteiger partial charge < -0.3 is 10.1 Å². The minimum atomic E-state index is 0.596. The maximum atomic E-state index is 5.22. The summed E-state index contributed by atoms with van der Waals surface area (Å²) in [7, 11) is 1.81. The van der Waals surface area contributed by atoms with Crippen LogP contribution in [0.1, 0.15) is 32.6 Å². The molecule has 0 bridgehead atoms. The Bertz CT molecular complexity index is 173. The monoisotopic (exact) mass is 183 g/mol. The molecule has 0 amide bonds. The Morgan fingerprint density at radius 2 is 2.15 bits per heavy atom. The standard InChI is InChI=1S/C11H21NO/c1-9(7-13-2)11(5-6-11)8-12-10-3-4-10/h9-10,12H,3-8H2,1-2H3. The third-order valence-electron chi connectivity index (χ3n) is 3.67. The molecule has 1 unspecified atom stereocenters. The normalized spacial score (nSPS) is 27.2. The van der Waals surface area contributed by atoms with Crippen LogP contribution in [0.25, 0.3) is 0 Å². The predicted octanol–water partition coefficient (Wildman–Crippen LogP) is 1.80. The zero-order valence-electron chi connectivity index (χ0n) is 8.81. The van der Waals surface area contributed by atoms with E-state index in [1.807, 2.05) is 0 Å². The third-order valence-corrected chi connectivity index (χ3v) is 3.67. The van der Waals surface area contributed by atoms with E-state index in [-0.39, 0.29) is 0 Å². The van der Waals surface area contributed by atoms with Gasteiger partial charge in [-0.2, -0.15) is 0 Å². The van der Waals surface area contributed by atoms with Crippen LogP contribution in [0.4, 0.5) is 0 Å². The van der Waals surface area contributed by atoms with Crippen molar-refractivity contribution in [2.75, 3.05) is 20.3 Å². The van der Waals surface area contributed by atoms with Crippen LogP contribution in [0.15, 0.2) is 0 Å². The predicted molar refractivity (Wildman–Crippen MR) is 53.7 cm³/mol. The minimum absolute atomic E-state index is 0.596. The second-order valence-corrected chi connectivity index (χ2v) is 4.87. The fourth-order valence-electron chi connectivity index (χ4n) is 2.07. The first-order valence-electron chi connectivity index (χ1n) is 5.49. The van der Waals surface area contributed by atoms with E-state index in [0.29, 0.717) is 5.41 Å². The molecule has 0 aromatic carbocycles. The van der Waals surface area contributed by atoms with Crippen molar-refractivity contribution in [3.8, 4) is 0 Å². The van der Waals surface area contributed by atoms with Gasteiger partial charge >= 0.3 is 0 Å². The Kier molecular flexibility index (Phi) is 2.61. The van der Waals surface area contributed by atoms with E-state index in [9.17, 15) is 0 Å². The Balaban J connectivity index is 1.73. The first-order valence-corrected chi connectivity index (χ1v) is 5.49. The SMILES string of the molecule is COCC(C)C1(CNC2CC2)CC1. The Hall–Kier alpha value is -0.0800. The number of hydrogen-bond donors (Lipinski definition) is 1.